The average molecular weight is 244 g/mol. The van der Waals surface area contributed by atoms with E-state index in [1.807, 2.05) is 0 Å². The van der Waals surface area contributed by atoms with E-state index in [0.717, 1.165) is 4.90 Å². The molecule has 1 aliphatic rings. The van der Waals surface area contributed by atoms with Gasteiger partial charge in [-0.15, -0.1) is 11.8 Å². The van der Waals surface area contributed by atoms with Gasteiger partial charge in [-0.1, -0.05) is 17.7 Å². The van der Waals surface area contributed by atoms with Gasteiger partial charge in [0.05, 0.1) is 16.6 Å². The van der Waals surface area contributed by atoms with Gasteiger partial charge < -0.3 is 5.11 Å². The quantitative estimate of drug-likeness (QED) is 0.707. The molecule has 0 unspecified atom stereocenters. The van der Waals surface area contributed by atoms with E-state index in [0.29, 0.717) is 16.6 Å². The molecule has 4 nitrogen and oxygen atoms in total. The summed E-state index contributed by atoms with van der Waals surface area (Å²) in [4.78, 5) is 23.9. The van der Waals surface area contributed by atoms with Crippen LogP contribution in [0.3, 0.4) is 0 Å². The zero-order chi connectivity index (χ0) is 11.0. The minimum atomic E-state index is -1.47. The van der Waals surface area contributed by atoms with E-state index in [4.69, 9.17) is 16.7 Å². The van der Waals surface area contributed by atoms with Crippen molar-refractivity contribution in [3.05, 3.63) is 23.2 Å². The van der Waals surface area contributed by atoms with Crippen molar-refractivity contribution in [1.82, 2.24) is 0 Å². The molecule has 0 bridgehead atoms. The lowest BCUT2D eigenvalue weighted by atomic mass is 10.3. The molecule has 0 saturated heterocycles. The van der Waals surface area contributed by atoms with E-state index >= 15 is 0 Å². The minimum Gasteiger partial charge on any atom is -0.474 e. The number of carbonyl (C=O) groups excluding carboxylic acids is 1. The zero-order valence-electron chi connectivity index (χ0n) is 7.44. The van der Waals surface area contributed by atoms with Crippen LogP contribution in [0.5, 0.6) is 0 Å². The lowest BCUT2D eigenvalue weighted by Crippen LogP contribution is -2.34. The summed E-state index contributed by atoms with van der Waals surface area (Å²) in [6.45, 7) is 0. The van der Waals surface area contributed by atoms with Gasteiger partial charge in [-0.2, -0.15) is 0 Å². The first-order valence-corrected chi connectivity index (χ1v) is 5.43. The molecule has 0 aliphatic carbocycles. The molecule has 1 N–H and O–H groups in total. The molecule has 0 radical (unpaired) electrons. The molecular formula is C9H6ClNO3S. The van der Waals surface area contributed by atoms with Crippen molar-refractivity contribution in [2.75, 3.05) is 10.8 Å². The predicted molar refractivity (Wildman–Crippen MR) is 57.3 cm³/mol. The van der Waals surface area contributed by atoms with Crippen LogP contribution in [0, 0.1) is 0 Å². The van der Waals surface area contributed by atoms with Crippen molar-refractivity contribution >= 4 is 40.9 Å². The monoisotopic (exact) mass is 243 g/mol. The Bertz CT molecular complexity index is 449. The number of fused-ring (bicyclic) bond motifs is 1. The molecule has 0 saturated carbocycles. The summed E-state index contributed by atoms with van der Waals surface area (Å²) in [6, 6.07) is 5.21. The number of anilines is 1. The highest BCUT2D eigenvalue weighted by atomic mass is 35.5. The zero-order valence-corrected chi connectivity index (χ0v) is 9.01. The highest BCUT2D eigenvalue weighted by Crippen LogP contribution is 2.42. The highest BCUT2D eigenvalue weighted by molar-refractivity contribution is 8.00. The Morgan fingerprint density at radius 2 is 2.20 bits per heavy atom. The third kappa shape index (κ3) is 1.68. The van der Waals surface area contributed by atoms with Crippen molar-refractivity contribution in [3.8, 4) is 0 Å². The standard InChI is InChI=1S/C9H6ClNO3S/c10-5-2-1-3-6-7(5)11(4-15-6)8(12)9(13)14/h1-3H,4H2,(H,13,14). The van der Waals surface area contributed by atoms with E-state index in [1.54, 1.807) is 18.2 Å². The highest BCUT2D eigenvalue weighted by Gasteiger charge is 2.31. The second-order valence-electron chi connectivity index (χ2n) is 2.90. The van der Waals surface area contributed by atoms with E-state index in [2.05, 4.69) is 0 Å². The second kappa shape index (κ2) is 3.75. The maximum absolute atomic E-state index is 11.3. The van der Waals surface area contributed by atoms with Crippen LogP contribution in [0.15, 0.2) is 23.1 Å². The maximum atomic E-state index is 11.3. The summed E-state index contributed by atoms with van der Waals surface area (Å²) < 4.78 is 0. The summed E-state index contributed by atoms with van der Waals surface area (Å²) in [5.74, 6) is -2.12. The lowest BCUT2D eigenvalue weighted by molar-refractivity contribution is -0.148. The van der Waals surface area contributed by atoms with E-state index < -0.39 is 11.9 Å². The first-order chi connectivity index (χ1) is 7.11. The lowest BCUT2D eigenvalue weighted by Gasteiger charge is -2.14. The van der Waals surface area contributed by atoms with Gasteiger partial charge in [0, 0.05) is 4.90 Å². The summed E-state index contributed by atoms with van der Waals surface area (Å²) in [5.41, 5.74) is 0.497. The number of hydrogen-bond donors (Lipinski definition) is 1. The Morgan fingerprint density at radius 1 is 1.47 bits per heavy atom. The number of thioether (sulfide) groups is 1. The molecule has 2 rings (SSSR count). The number of rotatable bonds is 0. The molecule has 0 aromatic heterocycles. The summed E-state index contributed by atoms with van der Waals surface area (Å²) >= 11 is 7.31. The largest absolute Gasteiger partial charge is 0.474 e. The molecule has 0 fully saturated rings. The molecule has 6 heteroatoms. The Hall–Kier alpha value is -1.20. The van der Waals surface area contributed by atoms with Gasteiger partial charge in [0.1, 0.15) is 0 Å². The van der Waals surface area contributed by atoms with Crippen LogP contribution in [-0.2, 0) is 9.59 Å². The number of amides is 1. The smallest absolute Gasteiger partial charge is 0.394 e. The van der Waals surface area contributed by atoms with Crippen molar-refractivity contribution < 1.29 is 14.7 Å². The maximum Gasteiger partial charge on any atom is 0.394 e. The number of carbonyl (C=O) groups is 2. The van der Waals surface area contributed by atoms with Gasteiger partial charge in [-0.3, -0.25) is 9.69 Å². The fourth-order valence-electron chi connectivity index (χ4n) is 1.35. The van der Waals surface area contributed by atoms with Crippen LogP contribution in [0.1, 0.15) is 0 Å². The Balaban J connectivity index is 2.44. The summed E-state index contributed by atoms with van der Waals surface area (Å²) in [7, 11) is 0. The molecule has 15 heavy (non-hydrogen) atoms. The number of carboxylic acid groups (broad SMARTS) is 1. The number of hydrogen-bond acceptors (Lipinski definition) is 3. The third-order valence-electron chi connectivity index (χ3n) is 2.00. The first kappa shape index (κ1) is 10.3. The minimum absolute atomic E-state index is 0.296. The number of benzene rings is 1. The number of aliphatic carboxylic acids is 1. The number of halogens is 1. The van der Waals surface area contributed by atoms with E-state index in [-0.39, 0.29) is 0 Å². The molecule has 78 valence electrons. The summed E-state index contributed by atoms with van der Waals surface area (Å²) in [5, 5.41) is 9.01. The van der Waals surface area contributed by atoms with Crippen molar-refractivity contribution in [2.45, 2.75) is 4.90 Å². The van der Waals surface area contributed by atoms with Crippen LogP contribution in [-0.4, -0.2) is 22.9 Å². The number of para-hydroxylation sites is 1. The van der Waals surface area contributed by atoms with Crippen molar-refractivity contribution in [3.63, 3.8) is 0 Å². The van der Waals surface area contributed by atoms with Gasteiger partial charge in [0.25, 0.3) is 0 Å². The van der Waals surface area contributed by atoms with Crippen molar-refractivity contribution in [2.24, 2.45) is 0 Å². The van der Waals surface area contributed by atoms with Crippen LogP contribution < -0.4 is 4.90 Å². The average Bonchev–Trinajstić information content (AvgIpc) is 2.61. The van der Waals surface area contributed by atoms with Crippen LogP contribution in [0.25, 0.3) is 0 Å². The van der Waals surface area contributed by atoms with Crippen molar-refractivity contribution in [1.29, 1.82) is 0 Å². The summed E-state index contributed by atoms with van der Waals surface area (Å²) in [6.07, 6.45) is 0. The second-order valence-corrected chi connectivity index (χ2v) is 4.29. The van der Waals surface area contributed by atoms with E-state index in [9.17, 15) is 9.59 Å². The van der Waals surface area contributed by atoms with Gasteiger partial charge >= 0.3 is 11.9 Å². The molecule has 0 atom stereocenters. The molecule has 1 aliphatic heterocycles. The van der Waals surface area contributed by atoms with Crippen LogP contribution in [0.4, 0.5) is 5.69 Å². The molecule has 1 aromatic carbocycles. The molecular weight excluding hydrogens is 238 g/mol. The SMILES string of the molecule is O=C(O)C(=O)N1CSc2cccc(Cl)c21. The predicted octanol–water partition coefficient (Wildman–Crippen LogP) is 1.82. The number of nitrogens with zero attached hydrogens (tertiary/aromatic N) is 1. The van der Waals surface area contributed by atoms with Gasteiger partial charge in [-0.05, 0) is 12.1 Å². The molecule has 0 spiro atoms. The Morgan fingerprint density at radius 3 is 2.87 bits per heavy atom. The molecule has 1 aromatic rings. The van der Waals surface area contributed by atoms with Crippen LogP contribution in [0.2, 0.25) is 5.02 Å². The van der Waals surface area contributed by atoms with Gasteiger partial charge in [0.2, 0.25) is 0 Å². The fraction of sp³-hybridized carbons (Fsp3) is 0.111. The van der Waals surface area contributed by atoms with Gasteiger partial charge in [-0.25, -0.2) is 4.79 Å². The Labute approximate surface area is 94.8 Å². The van der Waals surface area contributed by atoms with Crippen LogP contribution >= 0.6 is 23.4 Å². The fourth-order valence-corrected chi connectivity index (χ4v) is 2.73. The topological polar surface area (TPSA) is 57.6 Å². The Kier molecular flexibility index (Phi) is 2.58. The molecule has 1 heterocycles. The molecule has 1 amide bonds. The normalized spacial score (nSPS) is 13.8. The van der Waals surface area contributed by atoms with E-state index in [1.165, 1.54) is 16.7 Å². The van der Waals surface area contributed by atoms with Gasteiger partial charge in [0.15, 0.2) is 0 Å². The first-order valence-electron chi connectivity index (χ1n) is 4.07. The third-order valence-corrected chi connectivity index (χ3v) is 3.33. The number of carboxylic acids is 1.